The highest BCUT2D eigenvalue weighted by Gasteiger charge is 2.27. The molecular weight excluding hydrogens is 347 g/mol. The fraction of sp³-hybridized carbons (Fsp3) is 0.929. The number of likely N-dealkylation sites (N-methyl/N-ethyl adjacent to an activating group) is 2. The van der Waals surface area contributed by atoms with Crippen molar-refractivity contribution >= 4 is 43.1 Å². The molecule has 3 N–H and O–H groups in total. The summed E-state index contributed by atoms with van der Waals surface area (Å²) in [6, 6.07) is 0.646. The molecule has 3 unspecified atom stereocenters. The summed E-state index contributed by atoms with van der Waals surface area (Å²) in [6.07, 6.45) is 4.01. The fourth-order valence-electron chi connectivity index (χ4n) is 3.15. The number of amides is 1. The van der Waals surface area contributed by atoms with Gasteiger partial charge in [-0.3, -0.25) is 9.69 Å². The molecule has 1 saturated heterocycles. The van der Waals surface area contributed by atoms with Crippen LogP contribution in [0.2, 0.25) is 0 Å². The van der Waals surface area contributed by atoms with Crippen LogP contribution in [0, 0.1) is 5.92 Å². The number of hydrogen-bond donors (Lipinski definition) is 2. The van der Waals surface area contributed by atoms with Gasteiger partial charge >= 0.3 is 0 Å². The molecule has 1 heterocycles. The van der Waals surface area contributed by atoms with E-state index in [9.17, 15) is 4.79 Å². The summed E-state index contributed by atoms with van der Waals surface area (Å²) in [5, 5.41) is 3.13. The maximum atomic E-state index is 12.2. The number of rotatable bonds is 3. The lowest BCUT2D eigenvalue weighted by Crippen LogP contribution is -2.55. The fourth-order valence-corrected chi connectivity index (χ4v) is 3.15. The molecule has 8 heteroatoms. The Morgan fingerprint density at radius 1 is 1.18 bits per heavy atom. The zero-order valence-corrected chi connectivity index (χ0v) is 15.9. The Kier molecular flexibility index (Phi) is 13.0. The maximum Gasteiger partial charge on any atom is 0.223 e. The van der Waals surface area contributed by atoms with Gasteiger partial charge in [0, 0.05) is 44.2 Å². The molecule has 0 spiro atoms. The van der Waals surface area contributed by atoms with E-state index in [0.29, 0.717) is 6.04 Å². The Bertz CT molecular complexity index is 322. The minimum atomic E-state index is 0. The summed E-state index contributed by atoms with van der Waals surface area (Å²) >= 11 is 0. The monoisotopic (exact) mass is 376 g/mol. The normalized spacial score (nSPS) is 29.5. The molecule has 0 radical (unpaired) electrons. The van der Waals surface area contributed by atoms with Gasteiger partial charge in [0.15, 0.2) is 0 Å². The van der Waals surface area contributed by atoms with Gasteiger partial charge in [-0.25, -0.2) is 0 Å². The molecule has 0 aromatic carbocycles. The molecule has 2 aliphatic rings. The van der Waals surface area contributed by atoms with E-state index in [0.717, 1.165) is 51.9 Å². The lowest BCUT2D eigenvalue weighted by molar-refractivity contribution is -0.126. The van der Waals surface area contributed by atoms with Crippen molar-refractivity contribution in [2.24, 2.45) is 11.7 Å². The molecule has 1 saturated carbocycles. The molecule has 1 aliphatic carbocycles. The first-order valence-corrected chi connectivity index (χ1v) is 7.48. The third kappa shape index (κ3) is 7.20. The summed E-state index contributed by atoms with van der Waals surface area (Å²) in [5.74, 6) is 0.340. The first kappa shape index (κ1) is 24.5. The van der Waals surface area contributed by atoms with Gasteiger partial charge in [0.1, 0.15) is 0 Å². The second-order valence-electron chi connectivity index (χ2n) is 6.27. The summed E-state index contributed by atoms with van der Waals surface area (Å²) in [4.78, 5) is 16.8. The van der Waals surface area contributed by atoms with Crippen LogP contribution >= 0.6 is 37.2 Å². The molecule has 5 nitrogen and oxygen atoms in total. The Morgan fingerprint density at radius 2 is 1.86 bits per heavy atom. The SMILES string of the molecule is CN1CCN(C)C(CNC(=O)C2CCCC(N)C2)C1.Cl.Cl.Cl. The third-order valence-corrected chi connectivity index (χ3v) is 4.58. The number of nitrogens with zero attached hydrogens (tertiary/aromatic N) is 2. The number of hydrogen-bond acceptors (Lipinski definition) is 4. The van der Waals surface area contributed by atoms with Crippen molar-refractivity contribution in [1.29, 1.82) is 0 Å². The summed E-state index contributed by atoms with van der Waals surface area (Å²) < 4.78 is 0. The van der Waals surface area contributed by atoms with Crippen LogP contribution in [0.5, 0.6) is 0 Å². The average molecular weight is 378 g/mol. The highest BCUT2D eigenvalue weighted by Crippen LogP contribution is 2.23. The van der Waals surface area contributed by atoms with Crippen molar-refractivity contribution < 1.29 is 4.79 Å². The molecule has 0 aromatic heterocycles. The molecule has 0 aromatic rings. The van der Waals surface area contributed by atoms with Gasteiger partial charge in [0.2, 0.25) is 5.91 Å². The van der Waals surface area contributed by atoms with E-state index in [-0.39, 0.29) is 55.1 Å². The van der Waals surface area contributed by atoms with Crippen molar-refractivity contribution in [3.8, 4) is 0 Å². The van der Waals surface area contributed by atoms with Crippen LogP contribution in [0.3, 0.4) is 0 Å². The van der Waals surface area contributed by atoms with Gasteiger partial charge in [0.05, 0.1) is 0 Å². The number of carbonyl (C=O) groups excluding carboxylic acids is 1. The molecule has 0 bridgehead atoms. The molecule has 1 amide bonds. The summed E-state index contributed by atoms with van der Waals surface area (Å²) in [6.45, 7) is 3.97. The van der Waals surface area contributed by atoms with Crippen LogP contribution in [0.25, 0.3) is 0 Å². The first-order valence-electron chi connectivity index (χ1n) is 7.48. The van der Waals surface area contributed by atoms with Crippen molar-refractivity contribution in [1.82, 2.24) is 15.1 Å². The Balaban J connectivity index is 0. The topological polar surface area (TPSA) is 61.6 Å². The highest BCUT2D eigenvalue weighted by molar-refractivity contribution is 5.86. The molecule has 2 rings (SSSR count). The second kappa shape index (κ2) is 11.7. The number of carbonyl (C=O) groups is 1. The number of piperazine rings is 1. The van der Waals surface area contributed by atoms with Crippen LogP contribution in [0.1, 0.15) is 25.7 Å². The zero-order chi connectivity index (χ0) is 13.8. The maximum absolute atomic E-state index is 12.2. The first-order chi connectivity index (χ1) is 9.06. The average Bonchev–Trinajstić information content (AvgIpc) is 2.39. The van der Waals surface area contributed by atoms with Crippen molar-refractivity contribution in [2.75, 3.05) is 40.3 Å². The second-order valence-corrected chi connectivity index (χ2v) is 6.27. The smallest absolute Gasteiger partial charge is 0.223 e. The van der Waals surface area contributed by atoms with E-state index in [1.165, 1.54) is 0 Å². The minimum Gasteiger partial charge on any atom is -0.354 e. The molecule has 3 atom stereocenters. The van der Waals surface area contributed by atoms with Gasteiger partial charge < -0.3 is 16.0 Å². The molecule has 22 heavy (non-hydrogen) atoms. The number of nitrogens with two attached hydrogens (primary N) is 1. The van der Waals surface area contributed by atoms with Crippen molar-refractivity contribution in [3.63, 3.8) is 0 Å². The van der Waals surface area contributed by atoms with Crippen LogP contribution in [0.4, 0.5) is 0 Å². The molecule has 134 valence electrons. The van der Waals surface area contributed by atoms with Gasteiger partial charge in [-0.1, -0.05) is 6.42 Å². The van der Waals surface area contributed by atoms with Gasteiger partial charge in [-0.15, -0.1) is 37.2 Å². The summed E-state index contributed by atoms with van der Waals surface area (Å²) in [5.41, 5.74) is 5.95. The minimum absolute atomic E-state index is 0. The predicted molar refractivity (Wildman–Crippen MR) is 98.6 cm³/mol. The van der Waals surface area contributed by atoms with Crippen LogP contribution < -0.4 is 11.1 Å². The Labute approximate surface area is 153 Å². The van der Waals surface area contributed by atoms with E-state index in [2.05, 4.69) is 29.2 Å². The van der Waals surface area contributed by atoms with Crippen LogP contribution in [-0.2, 0) is 4.79 Å². The van der Waals surface area contributed by atoms with E-state index < -0.39 is 0 Å². The lowest BCUT2D eigenvalue weighted by atomic mass is 9.85. The standard InChI is InChI=1S/C14H28N4O.3ClH/c1-17-6-7-18(2)13(10-17)9-16-14(19)11-4-3-5-12(15)8-11;;;/h11-13H,3-10,15H2,1-2H3,(H,16,19);3*1H. The van der Waals surface area contributed by atoms with Gasteiger partial charge in [-0.2, -0.15) is 0 Å². The Morgan fingerprint density at radius 3 is 2.50 bits per heavy atom. The quantitative estimate of drug-likeness (QED) is 0.774. The summed E-state index contributed by atoms with van der Waals surface area (Å²) in [7, 11) is 4.28. The van der Waals surface area contributed by atoms with Gasteiger partial charge in [0.25, 0.3) is 0 Å². The van der Waals surface area contributed by atoms with Crippen LogP contribution in [-0.4, -0.2) is 68.1 Å². The van der Waals surface area contributed by atoms with Gasteiger partial charge in [-0.05, 0) is 33.4 Å². The lowest BCUT2D eigenvalue weighted by Gasteiger charge is -2.38. The largest absolute Gasteiger partial charge is 0.354 e. The third-order valence-electron chi connectivity index (χ3n) is 4.58. The van der Waals surface area contributed by atoms with Crippen molar-refractivity contribution in [3.05, 3.63) is 0 Å². The highest BCUT2D eigenvalue weighted by atomic mass is 35.5. The molecular formula is C14H31Cl3N4O. The molecule has 1 aliphatic heterocycles. The molecule has 2 fully saturated rings. The zero-order valence-electron chi connectivity index (χ0n) is 13.5. The number of nitrogens with one attached hydrogen (secondary N) is 1. The van der Waals surface area contributed by atoms with E-state index >= 15 is 0 Å². The van der Waals surface area contributed by atoms with E-state index in [1.807, 2.05) is 0 Å². The van der Waals surface area contributed by atoms with E-state index in [1.54, 1.807) is 0 Å². The van der Waals surface area contributed by atoms with Crippen molar-refractivity contribution in [2.45, 2.75) is 37.8 Å². The number of halogens is 3. The Hall–Kier alpha value is 0.220. The predicted octanol–water partition coefficient (Wildman–Crippen LogP) is 1.13. The van der Waals surface area contributed by atoms with Crippen LogP contribution in [0.15, 0.2) is 0 Å². The van der Waals surface area contributed by atoms with E-state index in [4.69, 9.17) is 5.73 Å².